The van der Waals surface area contributed by atoms with Gasteiger partial charge in [0, 0.05) is 5.56 Å². The van der Waals surface area contributed by atoms with Gasteiger partial charge in [-0.3, -0.25) is 4.79 Å². The molecule has 0 saturated heterocycles. The van der Waals surface area contributed by atoms with Gasteiger partial charge in [-0.25, -0.2) is 4.39 Å². The average Bonchev–Trinajstić information content (AvgIpc) is 2.15. The van der Waals surface area contributed by atoms with Crippen molar-refractivity contribution in [3.05, 3.63) is 47.8 Å². The summed E-state index contributed by atoms with van der Waals surface area (Å²) in [6, 6.07) is 2.06. The van der Waals surface area contributed by atoms with E-state index >= 15 is 0 Å². The highest BCUT2D eigenvalue weighted by molar-refractivity contribution is 6.04. The number of carbonyl (C=O) groups excluding carboxylic acids is 1. The van der Waals surface area contributed by atoms with Crippen molar-refractivity contribution in [1.82, 2.24) is 0 Å². The molecule has 0 heterocycles. The van der Waals surface area contributed by atoms with Gasteiger partial charge in [-0.15, -0.1) is 0 Å². The Labute approximate surface area is 83.0 Å². The molecule has 0 spiro atoms. The first-order valence-electron chi connectivity index (χ1n) is 3.90. The number of ketones is 1. The van der Waals surface area contributed by atoms with Crippen LogP contribution in [0.4, 0.5) is 17.6 Å². The molecule has 80 valence electrons. The number of hydrogen-bond acceptors (Lipinski definition) is 1. The van der Waals surface area contributed by atoms with Crippen LogP contribution < -0.4 is 0 Å². The van der Waals surface area contributed by atoms with Gasteiger partial charge >= 0.3 is 6.18 Å². The van der Waals surface area contributed by atoms with Crippen LogP contribution in [0.15, 0.2) is 30.9 Å². The van der Waals surface area contributed by atoms with Crippen molar-refractivity contribution < 1.29 is 22.4 Å². The van der Waals surface area contributed by atoms with Gasteiger partial charge in [-0.1, -0.05) is 6.58 Å². The summed E-state index contributed by atoms with van der Waals surface area (Å²) in [5.41, 5.74) is -1.69. The van der Waals surface area contributed by atoms with Crippen LogP contribution in [0.1, 0.15) is 15.9 Å². The smallest absolute Gasteiger partial charge is 0.289 e. The molecule has 0 atom stereocenters. The lowest BCUT2D eigenvalue weighted by Gasteiger charge is -2.08. The SMILES string of the molecule is C=CC(=O)c1ccc(F)c(C(F)(F)F)c1. The highest BCUT2D eigenvalue weighted by Gasteiger charge is 2.34. The number of rotatable bonds is 2. The number of carbonyl (C=O) groups is 1. The van der Waals surface area contributed by atoms with Gasteiger partial charge in [0.2, 0.25) is 0 Å². The zero-order valence-electron chi connectivity index (χ0n) is 7.44. The summed E-state index contributed by atoms with van der Waals surface area (Å²) in [4.78, 5) is 11.0. The number of allylic oxidation sites excluding steroid dienone is 1. The predicted octanol–water partition coefficient (Wildman–Crippen LogP) is 3.21. The van der Waals surface area contributed by atoms with E-state index in [0.717, 1.165) is 12.1 Å². The van der Waals surface area contributed by atoms with Crippen LogP contribution in [-0.4, -0.2) is 5.78 Å². The van der Waals surface area contributed by atoms with E-state index in [1.165, 1.54) is 0 Å². The van der Waals surface area contributed by atoms with E-state index in [1.54, 1.807) is 0 Å². The molecule has 0 N–H and O–H groups in total. The molecule has 0 amide bonds. The molecule has 1 aromatic carbocycles. The summed E-state index contributed by atoms with van der Waals surface area (Å²) in [7, 11) is 0. The van der Waals surface area contributed by atoms with Crippen molar-refractivity contribution in [2.75, 3.05) is 0 Å². The molecular weight excluding hydrogens is 212 g/mol. The number of alkyl halides is 3. The standard InChI is InChI=1S/C10H6F4O/c1-2-9(15)6-3-4-8(11)7(5-6)10(12,13)14/h2-5H,1H2. The molecule has 0 fully saturated rings. The lowest BCUT2D eigenvalue weighted by molar-refractivity contribution is -0.140. The second-order valence-corrected chi connectivity index (χ2v) is 2.76. The summed E-state index contributed by atoms with van der Waals surface area (Å²) >= 11 is 0. The molecule has 5 heteroatoms. The van der Waals surface area contributed by atoms with Gasteiger partial charge in [0.1, 0.15) is 5.82 Å². The van der Waals surface area contributed by atoms with Crippen molar-refractivity contribution in [3.8, 4) is 0 Å². The van der Waals surface area contributed by atoms with Crippen LogP contribution in [0.3, 0.4) is 0 Å². The van der Waals surface area contributed by atoms with Crippen LogP contribution in [0.5, 0.6) is 0 Å². The molecule has 15 heavy (non-hydrogen) atoms. The zero-order valence-corrected chi connectivity index (χ0v) is 7.44. The molecule has 1 aromatic rings. The van der Waals surface area contributed by atoms with Gasteiger partial charge in [-0.2, -0.15) is 13.2 Å². The van der Waals surface area contributed by atoms with Crippen molar-refractivity contribution in [2.24, 2.45) is 0 Å². The third kappa shape index (κ3) is 2.43. The molecule has 0 bridgehead atoms. The van der Waals surface area contributed by atoms with Crippen LogP contribution in [0, 0.1) is 5.82 Å². The van der Waals surface area contributed by atoms with Crippen LogP contribution >= 0.6 is 0 Å². The lowest BCUT2D eigenvalue weighted by atomic mass is 10.1. The highest BCUT2D eigenvalue weighted by Crippen LogP contribution is 2.31. The van der Waals surface area contributed by atoms with E-state index in [-0.39, 0.29) is 5.56 Å². The van der Waals surface area contributed by atoms with Crippen molar-refractivity contribution in [3.63, 3.8) is 0 Å². The maximum Gasteiger partial charge on any atom is 0.419 e. The Balaban J connectivity index is 3.29. The van der Waals surface area contributed by atoms with E-state index in [0.29, 0.717) is 12.1 Å². The maximum atomic E-state index is 12.8. The van der Waals surface area contributed by atoms with Gasteiger partial charge in [0.15, 0.2) is 5.78 Å². The number of halogens is 4. The molecule has 0 saturated carbocycles. The van der Waals surface area contributed by atoms with E-state index in [1.807, 2.05) is 0 Å². The fourth-order valence-corrected chi connectivity index (χ4v) is 1.01. The third-order valence-electron chi connectivity index (χ3n) is 1.74. The van der Waals surface area contributed by atoms with E-state index in [4.69, 9.17) is 0 Å². The Morgan fingerprint density at radius 1 is 1.33 bits per heavy atom. The van der Waals surface area contributed by atoms with E-state index in [9.17, 15) is 22.4 Å². The summed E-state index contributed by atoms with van der Waals surface area (Å²) in [5, 5.41) is 0. The zero-order chi connectivity index (χ0) is 11.6. The van der Waals surface area contributed by atoms with Gasteiger partial charge in [0.05, 0.1) is 5.56 Å². The number of benzene rings is 1. The summed E-state index contributed by atoms with van der Waals surface area (Å²) < 4.78 is 49.4. The van der Waals surface area contributed by atoms with Crippen LogP contribution in [0.25, 0.3) is 0 Å². The minimum Gasteiger partial charge on any atom is -0.289 e. The number of hydrogen-bond donors (Lipinski definition) is 0. The van der Waals surface area contributed by atoms with Gasteiger partial charge < -0.3 is 0 Å². The van der Waals surface area contributed by atoms with Crippen molar-refractivity contribution >= 4 is 5.78 Å². The first kappa shape index (κ1) is 11.4. The van der Waals surface area contributed by atoms with Crippen LogP contribution in [-0.2, 0) is 6.18 Å². The quantitative estimate of drug-likeness (QED) is 0.423. The van der Waals surface area contributed by atoms with Gasteiger partial charge in [0.25, 0.3) is 0 Å². The third-order valence-corrected chi connectivity index (χ3v) is 1.74. The Bertz CT molecular complexity index is 406. The first-order valence-corrected chi connectivity index (χ1v) is 3.90. The highest BCUT2D eigenvalue weighted by atomic mass is 19.4. The van der Waals surface area contributed by atoms with E-state index in [2.05, 4.69) is 6.58 Å². The minimum absolute atomic E-state index is 0.237. The summed E-state index contributed by atoms with van der Waals surface area (Å²) in [5.74, 6) is -2.08. The maximum absolute atomic E-state index is 12.8. The topological polar surface area (TPSA) is 17.1 Å². The predicted molar refractivity (Wildman–Crippen MR) is 45.9 cm³/mol. The lowest BCUT2D eigenvalue weighted by Crippen LogP contribution is -2.09. The average molecular weight is 218 g/mol. The van der Waals surface area contributed by atoms with Gasteiger partial charge in [-0.05, 0) is 24.3 Å². The Hall–Kier alpha value is -1.65. The second-order valence-electron chi connectivity index (χ2n) is 2.76. The molecule has 0 aliphatic heterocycles. The molecule has 0 aromatic heterocycles. The second kappa shape index (κ2) is 3.84. The summed E-state index contributed by atoms with van der Waals surface area (Å²) in [6.45, 7) is 3.13. The molecule has 0 aliphatic rings. The summed E-state index contributed by atoms with van der Waals surface area (Å²) in [6.07, 6.45) is -3.94. The molecule has 0 radical (unpaired) electrons. The van der Waals surface area contributed by atoms with E-state index < -0.39 is 23.3 Å². The normalized spacial score (nSPS) is 11.2. The monoisotopic (exact) mass is 218 g/mol. The molecule has 0 aliphatic carbocycles. The van der Waals surface area contributed by atoms with Crippen LogP contribution in [0.2, 0.25) is 0 Å². The Morgan fingerprint density at radius 2 is 1.93 bits per heavy atom. The first-order chi connectivity index (χ1) is 6.86. The Morgan fingerprint density at radius 3 is 2.40 bits per heavy atom. The molecule has 1 rings (SSSR count). The molecule has 1 nitrogen and oxygen atoms in total. The van der Waals surface area contributed by atoms with Crippen molar-refractivity contribution in [1.29, 1.82) is 0 Å². The minimum atomic E-state index is -4.80. The van der Waals surface area contributed by atoms with Crippen molar-refractivity contribution in [2.45, 2.75) is 6.18 Å². The molecule has 0 unspecified atom stereocenters. The Kier molecular flexibility index (Phi) is 2.93. The fraction of sp³-hybridized carbons (Fsp3) is 0.100. The molecular formula is C10H6F4O. The largest absolute Gasteiger partial charge is 0.419 e. The fourth-order valence-electron chi connectivity index (χ4n) is 1.01.